The Morgan fingerprint density at radius 3 is 1.71 bits per heavy atom. The molecule has 0 unspecified atom stereocenters. The first-order valence-electron chi connectivity index (χ1n) is 5.61. The van der Waals surface area contributed by atoms with Crippen molar-refractivity contribution in [3.8, 4) is 0 Å². The number of carbonyl (C=O) groups excluding carboxylic acids is 2. The molecule has 0 spiro atoms. The van der Waals surface area contributed by atoms with Gasteiger partial charge in [-0.1, -0.05) is 0 Å². The van der Waals surface area contributed by atoms with Gasteiger partial charge >= 0.3 is 11.9 Å². The summed E-state index contributed by atoms with van der Waals surface area (Å²) in [5.41, 5.74) is 0.731. The first-order valence-corrected chi connectivity index (χ1v) is 9.57. The predicted molar refractivity (Wildman–Crippen MR) is 96.0 cm³/mol. The third kappa shape index (κ3) is 5.30. The number of ether oxygens (including phenoxy) is 2. The lowest BCUT2D eigenvalue weighted by Gasteiger charge is -2.13. The number of rotatable bonds is 5. The highest BCUT2D eigenvalue weighted by molar-refractivity contribution is 9.15. The second-order valence-electron chi connectivity index (χ2n) is 3.69. The molecule has 0 aromatic heterocycles. The van der Waals surface area contributed by atoms with Gasteiger partial charge in [0.15, 0.2) is 0 Å². The molecule has 0 aliphatic rings. The van der Waals surface area contributed by atoms with Crippen LogP contribution in [0.1, 0.15) is 18.9 Å². The van der Waals surface area contributed by atoms with Crippen LogP contribution >= 0.6 is 79.6 Å². The maximum absolute atomic E-state index is 11.6. The summed E-state index contributed by atoms with van der Waals surface area (Å²) in [6.07, 6.45) is -0.401. The van der Waals surface area contributed by atoms with Crippen LogP contribution in [0.4, 0.5) is 0 Å². The van der Waals surface area contributed by atoms with Crippen molar-refractivity contribution in [1.82, 2.24) is 0 Å². The van der Waals surface area contributed by atoms with Gasteiger partial charge in [0.2, 0.25) is 0 Å². The summed E-state index contributed by atoms with van der Waals surface area (Å²) >= 11 is 17.1. The molecule has 0 aliphatic heterocycles. The average Bonchev–Trinajstić information content (AvgIpc) is 2.43. The summed E-state index contributed by atoms with van der Waals surface area (Å²) in [6, 6.07) is 0. The fourth-order valence-corrected chi connectivity index (χ4v) is 4.67. The van der Waals surface area contributed by atoms with E-state index in [-0.39, 0.29) is 13.2 Å². The van der Waals surface area contributed by atoms with Crippen molar-refractivity contribution in [2.45, 2.75) is 20.0 Å². The Balaban J connectivity index is 2.81. The quantitative estimate of drug-likeness (QED) is 0.190. The number of hydrogen-bond acceptors (Lipinski definition) is 4. The molecule has 0 heterocycles. The third-order valence-electron chi connectivity index (χ3n) is 2.27. The zero-order valence-corrected chi connectivity index (χ0v) is 18.6. The standard InChI is InChI=1S/C12H9Br5O4/c1-2-20-6(18)3-7(19)21-4-5-8(13)10(15)12(17)11(16)9(5)14/h2-4H2,1H3. The Labute approximate surface area is 164 Å². The minimum Gasteiger partial charge on any atom is -0.466 e. The maximum atomic E-state index is 11.6. The van der Waals surface area contributed by atoms with E-state index in [9.17, 15) is 9.59 Å². The molecule has 4 nitrogen and oxygen atoms in total. The summed E-state index contributed by atoms with van der Waals surface area (Å²) < 4.78 is 13.7. The smallest absolute Gasteiger partial charge is 0.317 e. The lowest BCUT2D eigenvalue weighted by Crippen LogP contribution is -2.14. The fraction of sp³-hybridized carbons (Fsp3) is 0.333. The van der Waals surface area contributed by atoms with Crippen molar-refractivity contribution in [2.24, 2.45) is 0 Å². The van der Waals surface area contributed by atoms with Gasteiger partial charge in [0, 0.05) is 27.9 Å². The van der Waals surface area contributed by atoms with Crippen LogP contribution in [-0.2, 0) is 25.7 Å². The molecular weight excluding hydrogens is 608 g/mol. The molecule has 1 aromatic carbocycles. The molecule has 21 heavy (non-hydrogen) atoms. The van der Waals surface area contributed by atoms with Crippen molar-refractivity contribution < 1.29 is 19.1 Å². The molecule has 0 atom stereocenters. The first-order chi connectivity index (χ1) is 9.79. The Kier molecular flexibility index (Phi) is 8.40. The average molecular weight is 617 g/mol. The van der Waals surface area contributed by atoms with Crippen LogP contribution in [0.15, 0.2) is 22.4 Å². The molecule has 0 aliphatic carbocycles. The lowest BCUT2D eigenvalue weighted by atomic mass is 10.2. The van der Waals surface area contributed by atoms with Crippen LogP contribution in [0.2, 0.25) is 0 Å². The van der Waals surface area contributed by atoms with Gasteiger partial charge in [0.05, 0.1) is 6.61 Å². The summed E-state index contributed by atoms with van der Waals surface area (Å²) in [6.45, 7) is 1.92. The fourth-order valence-electron chi connectivity index (χ4n) is 1.31. The van der Waals surface area contributed by atoms with Gasteiger partial charge in [-0.05, 0) is 86.6 Å². The maximum Gasteiger partial charge on any atom is 0.317 e. The third-order valence-corrected chi connectivity index (χ3v) is 8.53. The van der Waals surface area contributed by atoms with Gasteiger partial charge in [-0.15, -0.1) is 0 Å². The molecule has 0 fully saturated rings. The number of hydrogen-bond donors (Lipinski definition) is 0. The lowest BCUT2D eigenvalue weighted by molar-refractivity contribution is -0.155. The molecule has 0 amide bonds. The van der Waals surface area contributed by atoms with Crippen LogP contribution in [0.3, 0.4) is 0 Å². The van der Waals surface area contributed by atoms with E-state index in [1.165, 1.54) is 0 Å². The van der Waals surface area contributed by atoms with Gasteiger partial charge < -0.3 is 9.47 Å². The zero-order chi connectivity index (χ0) is 16.2. The van der Waals surface area contributed by atoms with E-state index in [1.807, 2.05) is 0 Å². The largest absolute Gasteiger partial charge is 0.466 e. The molecule has 116 valence electrons. The van der Waals surface area contributed by atoms with Crippen molar-refractivity contribution in [1.29, 1.82) is 0 Å². The highest BCUT2D eigenvalue weighted by Crippen LogP contribution is 2.44. The Morgan fingerprint density at radius 1 is 0.810 bits per heavy atom. The minimum atomic E-state index is -0.637. The first kappa shape index (κ1) is 19.6. The number of benzene rings is 1. The van der Waals surface area contributed by atoms with E-state index < -0.39 is 18.4 Å². The molecule has 0 N–H and O–H groups in total. The number of halogens is 5. The minimum absolute atomic E-state index is 0.0177. The topological polar surface area (TPSA) is 52.6 Å². The van der Waals surface area contributed by atoms with Crippen LogP contribution < -0.4 is 0 Å². The van der Waals surface area contributed by atoms with Gasteiger partial charge in [0.1, 0.15) is 13.0 Å². The Morgan fingerprint density at radius 2 is 1.24 bits per heavy atom. The second kappa shape index (κ2) is 9.00. The van der Waals surface area contributed by atoms with Crippen LogP contribution in [0.25, 0.3) is 0 Å². The highest BCUT2D eigenvalue weighted by atomic mass is 79.9. The van der Waals surface area contributed by atoms with Crippen molar-refractivity contribution in [2.75, 3.05) is 6.61 Å². The predicted octanol–water partition coefficient (Wildman–Crippen LogP) is 5.50. The normalized spacial score (nSPS) is 10.4. The van der Waals surface area contributed by atoms with Gasteiger partial charge in [-0.2, -0.15) is 0 Å². The molecule has 0 saturated carbocycles. The van der Waals surface area contributed by atoms with E-state index in [1.54, 1.807) is 6.92 Å². The summed E-state index contributed by atoms with van der Waals surface area (Å²) in [5, 5.41) is 0. The molecule has 0 radical (unpaired) electrons. The van der Waals surface area contributed by atoms with Crippen LogP contribution in [-0.4, -0.2) is 18.5 Å². The number of esters is 2. The molecular formula is C12H9Br5O4. The van der Waals surface area contributed by atoms with Gasteiger partial charge in [-0.25, -0.2) is 0 Å². The van der Waals surface area contributed by atoms with Crippen molar-refractivity contribution >= 4 is 91.6 Å². The van der Waals surface area contributed by atoms with Crippen molar-refractivity contribution in [3.05, 3.63) is 27.9 Å². The van der Waals surface area contributed by atoms with E-state index in [0.717, 1.165) is 27.9 Å². The van der Waals surface area contributed by atoms with E-state index >= 15 is 0 Å². The summed E-state index contributed by atoms with van der Waals surface area (Å²) in [4.78, 5) is 22.8. The van der Waals surface area contributed by atoms with Gasteiger partial charge in [0.25, 0.3) is 0 Å². The Bertz CT molecular complexity index is 544. The zero-order valence-electron chi connectivity index (χ0n) is 10.6. The summed E-state index contributed by atoms with van der Waals surface area (Å²) in [5.74, 6) is -1.23. The van der Waals surface area contributed by atoms with Crippen LogP contribution in [0.5, 0.6) is 0 Å². The molecule has 0 bridgehead atoms. The van der Waals surface area contributed by atoms with Gasteiger partial charge in [-0.3, -0.25) is 9.59 Å². The van der Waals surface area contributed by atoms with E-state index in [0.29, 0.717) is 0 Å². The summed E-state index contributed by atoms with van der Waals surface area (Å²) in [7, 11) is 0. The SMILES string of the molecule is CCOC(=O)CC(=O)OCc1c(Br)c(Br)c(Br)c(Br)c1Br. The molecule has 1 rings (SSSR count). The molecule has 1 aromatic rings. The molecule has 0 saturated heterocycles. The van der Waals surface area contributed by atoms with Crippen LogP contribution in [0, 0.1) is 0 Å². The number of carbonyl (C=O) groups is 2. The van der Waals surface area contributed by atoms with Crippen molar-refractivity contribution in [3.63, 3.8) is 0 Å². The van der Waals surface area contributed by atoms with E-state index in [2.05, 4.69) is 84.4 Å². The monoisotopic (exact) mass is 612 g/mol. The second-order valence-corrected chi connectivity index (χ2v) is 7.66. The highest BCUT2D eigenvalue weighted by Gasteiger charge is 2.19. The molecule has 9 heteroatoms. The van der Waals surface area contributed by atoms with E-state index in [4.69, 9.17) is 4.74 Å². The Hall–Kier alpha value is 0.560.